The minimum absolute atomic E-state index is 0.317. The summed E-state index contributed by atoms with van der Waals surface area (Å²) in [5.74, 6) is 0.887. The van der Waals surface area contributed by atoms with Crippen LogP contribution in [-0.2, 0) is 6.42 Å². The molecular formula is C18H20O. The number of Topliss-reactive ketones (excluding diaryl/α,β-unsaturated/α-hetero) is 1. The summed E-state index contributed by atoms with van der Waals surface area (Å²) in [5.41, 5.74) is 3.63. The van der Waals surface area contributed by atoms with Crippen molar-refractivity contribution in [3.63, 3.8) is 0 Å². The molecule has 0 radical (unpaired) electrons. The first kappa shape index (κ1) is 12.4. The Bertz CT molecular complexity index is 639. The first-order chi connectivity index (χ1) is 9.20. The van der Waals surface area contributed by atoms with Gasteiger partial charge < -0.3 is 0 Å². The van der Waals surface area contributed by atoms with E-state index in [1.807, 2.05) is 0 Å². The van der Waals surface area contributed by atoms with E-state index in [9.17, 15) is 4.79 Å². The lowest BCUT2D eigenvalue weighted by Crippen LogP contribution is -2.10. The van der Waals surface area contributed by atoms with Crippen molar-refractivity contribution in [3.05, 3.63) is 47.0 Å². The average Bonchev–Trinajstić information content (AvgIpc) is 2.44. The summed E-state index contributed by atoms with van der Waals surface area (Å²) in [6.07, 6.45) is 3.91. The van der Waals surface area contributed by atoms with Crippen LogP contribution in [0.3, 0.4) is 0 Å². The number of ketones is 1. The zero-order chi connectivity index (χ0) is 13.4. The molecular weight excluding hydrogens is 232 g/mol. The van der Waals surface area contributed by atoms with Gasteiger partial charge in [0.05, 0.1) is 0 Å². The van der Waals surface area contributed by atoms with E-state index in [-0.39, 0.29) is 0 Å². The molecule has 2 aromatic carbocycles. The Balaban J connectivity index is 2.25. The zero-order valence-corrected chi connectivity index (χ0v) is 11.7. The molecule has 0 saturated heterocycles. The topological polar surface area (TPSA) is 17.1 Å². The molecule has 3 rings (SSSR count). The number of carbonyl (C=O) groups excluding carboxylic acids is 1. The van der Waals surface area contributed by atoms with Crippen LogP contribution < -0.4 is 0 Å². The molecule has 0 saturated carbocycles. The molecule has 0 heterocycles. The Morgan fingerprint density at radius 2 is 2.05 bits per heavy atom. The van der Waals surface area contributed by atoms with Crippen molar-refractivity contribution >= 4 is 16.6 Å². The third-order valence-electron chi connectivity index (χ3n) is 4.43. The van der Waals surface area contributed by atoms with E-state index < -0.39 is 0 Å². The van der Waals surface area contributed by atoms with E-state index >= 15 is 0 Å². The highest BCUT2D eigenvalue weighted by molar-refractivity contribution is 6.03. The summed E-state index contributed by atoms with van der Waals surface area (Å²) in [6, 6.07) is 10.8. The van der Waals surface area contributed by atoms with E-state index in [1.165, 1.54) is 21.9 Å². The average molecular weight is 252 g/mol. The molecule has 1 heteroatoms. The number of fused-ring (bicyclic) bond motifs is 2. The molecule has 0 aromatic heterocycles. The fraction of sp³-hybridized carbons (Fsp3) is 0.389. The van der Waals surface area contributed by atoms with Crippen LogP contribution in [0.1, 0.15) is 60.5 Å². The molecule has 0 bridgehead atoms. The van der Waals surface area contributed by atoms with Gasteiger partial charge in [0.2, 0.25) is 0 Å². The van der Waals surface area contributed by atoms with Gasteiger partial charge in [0.15, 0.2) is 5.78 Å². The molecule has 0 fully saturated rings. The van der Waals surface area contributed by atoms with Gasteiger partial charge >= 0.3 is 0 Å². The van der Waals surface area contributed by atoms with Gasteiger partial charge in [-0.15, -0.1) is 0 Å². The molecule has 98 valence electrons. The van der Waals surface area contributed by atoms with Crippen LogP contribution in [0, 0.1) is 0 Å². The lowest BCUT2D eigenvalue weighted by molar-refractivity contribution is 0.0972. The Kier molecular flexibility index (Phi) is 3.14. The predicted octanol–water partition coefficient (Wildman–Crippen LogP) is 4.87. The molecule has 1 atom stereocenters. The molecule has 1 aliphatic carbocycles. The molecule has 0 spiro atoms. The normalized spacial score (nSPS) is 16.4. The lowest BCUT2D eigenvalue weighted by Gasteiger charge is -2.18. The van der Waals surface area contributed by atoms with Crippen molar-refractivity contribution in [2.24, 2.45) is 0 Å². The molecule has 19 heavy (non-hydrogen) atoms. The van der Waals surface area contributed by atoms with Gasteiger partial charge in [-0.25, -0.2) is 0 Å². The van der Waals surface area contributed by atoms with Crippen molar-refractivity contribution in [1.82, 2.24) is 0 Å². The highest BCUT2D eigenvalue weighted by Gasteiger charge is 2.18. The number of rotatable bonds is 2. The maximum atomic E-state index is 12.0. The minimum atomic E-state index is 0.317. The molecule has 2 aromatic rings. The largest absolute Gasteiger partial charge is 0.294 e. The van der Waals surface area contributed by atoms with Gasteiger partial charge in [0, 0.05) is 12.0 Å². The first-order valence-corrected chi connectivity index (χ1v) is 7.29. The number of carbonyl (C=O) groups is 1. The van der Waals surface area contributed by atoms with Crippen LogP contribution in [0.2, 0.25) is 0 Å². The number of hydrogen-bond donors (Lipinski definition) is 0. The van der Waals surface area contributed by atoms with Crippen molar-refractivity contribution in [2.75, 3.05) is 0 Å². The Labute approximate surface area is 114 Å². The Morgan fingerprint density at radius 1 is 1.21 bits per heavy atom. The van der Waals surface area contributed by atoms with E-state index in [2.05, 4.69) is 44.2 Å². The van der Waals surface area contributed by atoms with Gasteiger partial charge in [-0.3, -0.25) is 4.79 Å². The fourth-order valence-electron chi connectivity index (χ4n) is 3.08. The summed E-state index contributed by atoms with van der Waals surface area (Å²) in [7, 11) is 0. The molecule has 1 unspecified atom stereocenters. The van der Waals surface area contributed by atoms with E-state index in [4.69, 9.17) is 0 Å². The predicted molar refractivity (Wildman–Crippen MR) is 79.9 cm³/mol. The van der Waals surface area contributed by atoms with Crippen molar-refractivity contribution < 1.29 is 4.79 Å². The summed E-state index contributed by atoms with van der Waals surface area (Å²) >= 11 is 0. The monoisotopic (exact) mass is 252 g/mol. The van der Waals surface area contributed by atoms with E-state index in [0.29, 0.717) is 18.1 Å². The van der Waals surface area contributed by atoms with Gasteiger partial charge in [-0.2, -0.15) is 0 Å². The zero-order valence-electron chi connectivity index (χ0n) is 11.7. The van der Waals surface area contributed by atoms with Crippen LogP contribution in [0.25, 0.3) is 10.8 Å². The van der Waals surface area contributed by atoms with Crippen LogP contribution in [-0.4, -0.2) is 5.78 Å². The van der Waals surface area contributed by atoms with Crippen LogP contribution in [0.15, 0.2) is 30.3 Å². The van der Waals surface area contributed by atoms with Gasteiger partial charge in [0.25, 0.3) is 0 Å². The molecule has 0 N–H and O–H groups in total. The maximum absolute atomic E-state index is 12.0. The SMILES string of the molecule is CCC(C)c1cccc2cc3c(cc12)CCCC3=O. The Hall–Kier alpha value is -1.63. The smallest absolute Gasteiger partial charge is 0.163 e. The van der Waals surface area contributed by atoms with E-state index in [1.54, 1.807) is 0 Å². The second kappa shape index (κ2) is 4.80. The molecule has 1 nitrogen and oxygen atoms in total. The highest BCUT2D eigenvalue weighted by Crippen LogP contribution is 2.32. The third kappa shape index (κ3) is 2.07. The maximum Gasteiger partial charge on any atom is 0.163 e. The molecule has 0 amide bonds. The number of hydrogen-bond acceptors (Lipinski definition) is 1. The number of benzene rings is 2. The second-order valence-electron chi connectivity index (χ2n) is 5.66. The van der Waals surface area contributed by atoms with Crippen molar-refractivity contribution in [1.29, 1.82) is 0 Å². The molecule has 0 aliphatic heterocycles. The first-order valence-electron chi connectivity index (χ1n) is 7.29. The highest BCUT2D eigenvalue weighted by atomic mass is 16.1. The van der Waals surface area contributed by atoms with Gasteiger partial charge in [-0.1, -0.05) is 38.1 Å². The van der Waals surface area contributed by atoms with E-state index in [0.717, 1.165) is 24.8 Å². The lowest BCUT2D eigenvalue weighted by atomic mass is 9.85. The van der Waals surface area contributed by atoms with Gasteiger partial charge in [-0.05, 0) is 53.1 Å². The van der Waals surface area contributed by atoms with Crippen molar-refractivity contribution in [2.45, 2.75) is 45.4 Å². The summed E-state index contributed by atoms with van der Waals surface area (Å²) in [6.45, 7) is 4.50. The standard InChI is InChI=1S/C18H20O/c1-3-12(2)15-8-4-6-13-11-17-14(10-16(13)15)7-5-9-18(17)19/h4,6,8,10-12H,3,5,7,9H2,1-2H3. The number of aryl methyl sites for hydroxylation is 1. The van der Waals surface area contributed by atoms with Crippen LogP contribution in [0.4, 0.5) is 0 Å². The summed E-state index contributed by atoms with van der Waals surface area (Å²) in [4.78, 5) is 12.0. The van der Waals surface area contributed by atoms with Crippen LogP contribution in [0.5, 0.6) is 0 Å². The Morgan fingerprint density at radius 3 is 2.84 bits per heavy atom. The minimum Gasteiger partial charge on any atom is -0.294 e. The van der Waals surface area contributed by atoms with Gasteiger partial charge in [0.1, 0.15) is 0 Å². The second-order valence-corrected chi connectivity index (χ2v) is 5.66. The van der Waals surface area contributed by atoms with Crippen LogP contribution >= 0.6 is 0 Å². The fourth-order valence-corrected chi connectivity index (χ4v) is 3.08. The summed E-state index contributed by atoms with van der Waals surface area (Å²) < 4.78 is 0. The molecule has 1 aliphatic rings. The third-order valence-corrected chi connectivity index (χ3v) is 4.43. The van der Waals surface area contributed by atoms with Crippen molar-refractivity contribution in [3.8, 4) is 0 Å². The quantitative estimate of drug-likeness (QED) is 0.745. The summed E-state index contributed by atoms with van der Waals surface area (Å²) in [5, 5.41) is 2.55.